The largest absolute Gasteiger partial charge is 0.329 e. The Labute approximate surface area is 118 Å². The van der Waals surface area contributed by atoms with Crippen LogP contribution < -0.4 is 0 Å². The third kappa shape index (κ3) is 2.26. The van der Waals surface area contributed by atoms with Gasteiger partial charge >= 0.3 is 0 Å². The van der Waals surface area contributed by atoms with E-state index in [1.807, 2.05) is 16.7 Å². The predicted molar refractivity (Wildman–Crippen MR) is 76.0 cm³/mol. The second-order valence-electron chi connectivity index (χ2n) is 5.70. The molecule has 3 atom stereocenters. The Kier molecular flexibility index (Phi) is 3.74. The van der Waals surface area contributed by atoms with Crippen molar-refractivity contribution in [1.29, 1.82) is 0 Å². The van der Waals surface area contributed by atoms with Crippen LogP contribution in [0.1, 0.15) is 39.0 Å². The highest BCUT2D eigenvalue weighted by Gasteiger charge is 2.46. The van der Waals surface area contributed by atoms with Gasteiger partial charge in [0.05, 0.1) is 0 Å². The molecule has 0 aromatic carbocycles. The number of piperazine rings is 1. The molecule has 3 fully saturated rings. The number of amides is 2. The van der Waals surface area contributed by atoms with Crippen molar-refractivity contribution in [3.8, 4) is 0 Å². The van der Waals surface area contributed by atoms with Crippen molar-refractivity contribution in [3.05, 3.63) is 0 Å². The van der Waals surface area contributed by atoms with E-state index in [9.17, 15) is 9.59 Å². The van der Waals surface area contributed by atoms with E-state index in [2.05, 4.69) is 6.92 Å². The first-order chi connectivity index (χ1) is 9.22. The molecule has 2 amide bonds. The van der Waals surface area contributed by atoms with Crippen molar-refractivity contribution in [2.24, 2.45) is 0 Å². The zero-order chi connectivity index (χ0) is 13.4. The summed E-state index contributed by atoms with van der Waals surface area (Å²) in [6.07, 6.45) is 5.29. The van der Waals surface area contributed by atoms with Gasteiger partial charge in [0.25, 0.3) is 0 Å². The highest BCUT2D eigenvalue weighted by atomic mass is 32.2. The highest BCUT2D eigenvalue weighted by Crippen LogP contribution is 2.36. The van der Waals surface area contributed by atoms with Crippen molar-refractivity contribution in [2.75, 3.05) is 18.8 Å². The number of hydrogen-bond acceptors (Lipinski definition) is 3. The van der Waals surface area contributed by atoms with Crippen LogP contribution in [0.25, 0.3) is 0 Å². The molecule has 5 heteroatoms. The minimum Gasteiger partial charge on any atom is -0.329 e. The van der Waals surface area contributed by atoms with Crippen molar-refractivity contribution >= 4 is 23.6 Å². The van der Waals surface area contributed by atoms with Gasteiger partial charge in [-0.1, -0.05) is 13.3 Å². The van der Waals surface area contributed by atoms with Crippen LogP contribution in [-0.2, 0) is 9.59 Å². The third-order valence-electron chi connectivity index (χ3n) is 4.65. The van der Waals surface area contributed by atoms with Crippen molar-refractivity contribution in [3.63, 3.8) is 0 Å². The maximum absolute atomic E-state index is 12.6. The summed E-state index contributed by atoms with van der Waals surface area (Å²) in [6, 6.07) is 0.151. The van der Waals surface area contributed by atoms with Crippen LogP contribution in [0.4, 0.5) is 0 Å². The van der Waals surface area contributed by atoms with Gasteiger partial charge < -0.3 is 9.80 Å². The molecule has 2 saturated heterocycles. The lowest BCUT2D eigenvalue weighted by molar-refractivity contribution is -0.155. The van der Waals surface area contributed by atoms with Crippen LogP contribution in [0.2, 0.25) is 0 Å². The fourth-order valence-electron chi connectivity index (χ4n) is 3.78. The van der Waals surface area contributed by atoms with Gasteiger partial charge in [-0.25, -0.2) is 0 Å². The van der Waals surface area contributed by atoms with Crippen LogP contribution in [-0.4, -0.2) is 57.8 Å². The van der Waals surface area contributed by atoms with E-state index in [-0.39, 0.29) is 17.9 Å². The van der Waals surface area contributed by atoms with Gasteiger partial charge in [0, 0.05) is 17.8 Å². The fraction of sp³-hybridized carbons (Fsp3) is 0.857. The molecule has 0 aromatic heterocycles. The molecule has 1 saturated carbocycles. The molecular formula is C14H22N2O2S. The molecule has 3 unspecified atom stereocenters. The Hall–Kier alpha value is -0.710. The number of rotatable bonds is 3. The standard InChI is InChI=1S/C14H22N2O2S/c1-2-19-12-7-3-5-10(12)16-9-13(17)15-8-4-6-11(15)14(16)18/h10-12H,2-9H2,1H3. The molecule has 3 rings (SSSR count). The van der Waals surface area contributed by atoms with Gasteiger partial charge in [0.1, 0.15) is 12.6 Å². The minimum absolute atomic E-state index is 0.144. The Morgan fingerprint density at radius 3 is 2.79 bits per heavy atom. The van der Waals surface area contributed by atoms with Crippen molar-refractivity contribution in [1.82, 2.24) is 9.80 Å². The maximum Gasteiger partial charge on any atom is 0.246 e. The van der Waals surface area contributed by atoms with Gasteiger partial charge in [-0.3, -0.25) is 9.59 Å². The van der Waals surface area contributed by atoms with Crippen LogP contribution in [0.15, 0.2) is 0 Å². The third-order valence-corrected chi connectivity index (χ3v) is 5.96. The zero-order valence-electron chi connectivity index (χ0n) is 11.5. The second kappa shape index (κ2) is 5.35. The topological polar surface area (TPSA) is 40.6 Å². The lowest BCUT2D eigenvalue weighted by atomic mass is 10.1. The van der Waals surface area contributed by atoms with E-state index in [0.29, 0.717) is 17.8 Å². The first kappa shape index (κ1) is 13.3. The number of hydrogen-bond donors (Lipinski definition) is 0. The molecule has 3 aliphatic rings. The SMILES string of the molecule is CCSC1CCCC1N1CC(=O)N2CCCC2C1=O. The summed E-state index contributed by atoms with van der Waals surface area (Å²) >= 11 is 1.95. The van der Waals surface area contributed by atoms with E-state index < -0.39 is 0 Å². The van der Waals surface area contributed by atoms with Crippen LogP contribution in [0.5, 0.6) is 0 Å². The number of carbonyl (C=O) groups is 2. The normalized spacial score (nSPS) is 35.1. The average molecular weight is 282 g/mol. The first-order valence-electron chi connectivity index (χ1n) is 7.44. The number of carbonyl (C=O) groups excluding carboxylic acids is 2. The zero-order valence-corrected chi connectivity index (χ0v) is 12.3. The number of thioether (sulfide) groups is 1. The van der Waals surface area contributed by atoms with Crippen LogP contribution in [0, 0.1) is 0 Å². The second-order valence-corrected chi connectivity index (χ2v) is 7.22. The number of fused-ring (bicyclic) bond motifs is 1. The Morgan fingerprint density at radius 1 is 1.16 bits per heavy atom. The molecule has 4 nitrogen and oxygen atoms in total. The summed E-state index contributed by atoms with van der Waals surface area (Å²) in [5.74, 6) is 1.46. The lowest BCUT2D eigenvalue weighted by Gasteiger charge is -2.41. The molecular weight excluding hydrogens is 260 g/mol. The summed E-state index contributed by atoms with van der Waals surface area (Å²) in [6.45, 7) is 3.27. The first-order valence-corrected chi connectivity index (χ1v) is 8.48. The van der Waals surface area contributed by atoms with Gasteiger partial charge in [-0.2, -0.15) is 11.8 Å². The monoisotopic (exact) mass is 282 g/mol. The van der Waals surface area contributed by atoms with Gasteiger partial charge in [0.15, 0.2) is 0 Å². The maximum atomic E-state index is 12.6. The van der Waals surface area contributed by atoms with E-state index in [1.54, 1.807) is 4.90 Å². The van der Waals surface area contributed by atoms with Crippen LogP contribution >= 0.6 is 11.8 Å². The summed E-state index contributed by atoms with van der Waals surface area (Å²) in [5, 5.41) is 0.537. The Morgan fingerprint density at radius 2 is 2.00 bits per heavy atom. The summed E-state index contributed by atoms with van der Waals surface area (Å²) in [7, 11) is 0. The summed E-state index contributed by atoms with van der Waals surface area (Å²) < 4.78 is 0. The van der Waals surface area contributed by atoms with Gasteiger partial charge in [0.2, 0.25) is 11.8 Å². The van der Waals surface area contributed by atoms with Crippen molar-refractivity contribution < 1.29 is 9.59 Å². The lowest BCUT2D eigenvalue weighted by Crippen LogP contribution is -2.60. The molecule has 106 valence electrons. The molecule has 0 spiro atoms. The van der Waals surface area contributed by atoms with E-state index in [4.69, 9.17) is 0 Å². The molecule has 0 aromatic rings. The molecule has 1 aliphatic carbocycles. The van der Waals surface area contributed by atoms with Crippen molar-refractivity contribution in [2.45, 2.75) is 56.4 Å². The molecule has 0 N–H and O–H groups in total. The quantitative estimate of drug-likeness (QED) is 0.787. The van der Waals surface area contributed by atoms with Crippen LogP contribution in [0.3, 0.4) is 0 Å². The summed E-state index contributed by atoms with van der Waals surface area (Å²) in [4.78, 5) is 28.5. The van der Waals surface area contributed by atoms with E-state index >= 15 is 0 Å². The highest BCUT2D eigenvalue weighted by molar-refractivity contribution is 7.99. The van der Waals surface area contributed by atoms with E-state index in [1.165, 1.54) is 12.8 Å². The number of nitrogens with zero attached hydrogens (tertiary/aromatic N) is 2. The average Bonchev–Trinajstić information content (AvgIpc) is 3.03. The van der Waals surface area contributed by atoms with Gasteiger partial charge in [-0.15, -0.1) is 0 Å². The molecule has 0 bridgehead atoms. The Balaban J connectivity index is 1.76. The predicted octanol–water partition coefficient (Wildman–Crippen LogP) is 1.49. The molecule has 2 heterocycles. The Bertz CT molecular complexity index is 388. The molecule has 19 heavy (non-hydrogen) atoms. The summed E-state index contributed by atoms with van der Waals surface area (Å²) in [5.41, 5.74) is 0. The van der Waals surface area contributed by atoms with Gasteiger partial charge in [-0.05, 0) is 31.4 Å². The fourth-order valence-corrected chi connectivity index (χ4v) is 5.05. The van der Waals surface area contributed by atoms with E-state index in [0.717, 1.165) is 31.6 Å². The minimum atomic E-state index is -0.144. The molecule has 2 aliphatic heterocycles. The smallest absolute Gasteiger partial charge is 0.246 e. The molecule has 0 radical (unpaired) electrons.